The van der Waals surface area contributed by atoms with Gasteiger partial charge in [0.05, 0.1) is 6.61 Å². The van der Waals surface area contributed by atoms with E-state index in [4.69, 9.17) is 9.47 Å². The molecular formula is C28H30N4O7. The number of ketones is 1. The van der Waals surface area contributed by atoms with E-state index in [1.54, 1.807) is 30.3 Å². The monoisotopic (exact) mass is 534 g/mol. The second kappa shape index (κ2) is 11.7. The van der Waals surface area contributed by atoms with Gasteiger partial charge >= 0.3 is 0 Å². The summed E-state index contributed by atoms with van der Waals surface area (Å²) in [5.74, 6) is -2.23. The van der Waals surface area contributed by atoms with Gasteiger partial charge in [0.15, 0.2) is 12.1 Å². The third kappa shape index (κ3) is 5.84. The topological polar surface area (TPSA) is 134 Å². The molecule has 39 heavy (non-hydrogen) atoms. The normalized spacial score (nSPS) is 25.2. The van der Waals surface area contributed by atoms with E-state index in [0.717, 1.165) is 10.6 Å². The predicted molar refractivity (Wildman–Crippen MR) is 136 cm³/mol. The van der Waals surface area contributed by atoms with Crippen molar-refractivity contribution in [2.75, 3.05) is 13.2 Å². The van der Waals surface area contributed by atoms with Crippen LogP contribution < -0.4 is 10.6 Å². The van der Waals surface area contributed by atoms with Crippen LogP contribution >= 0.6 is 0 Å². The molecular weight excluding hydrogens is 504 g/mol. The molecule has 0 bridgehead atoms. The Labute approximate surface area is 225 Å². The van der Waals surface area contributed by atoms with E-state index in [0.29, 0.717) is 12.0 Å². The molecule has 0 saturated carbocycles. The predicted octanol–water partition coefficient (Wildman–Crippen LogP) is 0.940. The molecule has 5 rings (SSSR count). The number of amides is 4. The maximum Gasteiger partial charge on any atom is 0.264 e. The second-order valence-corrected chi connectivity index (χ2v) is 9.72. The first-order chi connectivity index (χ1) is 18.9. The Balaban J connectivity index is 1.30. The lowest BCUT2D eigenvalue weighted by Gasteiger charge is -2.43. The van der Waals surface area contributed by atoms with Gasteiger partial charge in [-0.2, -0.15) is 0 Å². The average Bonchev–Trinajstić information content (AvgIpc) is 3.26. The van der Waals surface area contributed by atoms with Gasteiger partial charge in [-0.1, -0.05) is 48.5 Å². The third-order valence-electron chi connectivity index (χ3n) is 7.07. The Hall–Kier alpha value is -4.09. The molecule has 0 aromatic heterocycles. The van der Waals surface area contributed by atoms with Crippen LogP contribution in [0, 0.1) is 0 Å². The Morgan fingerprint density at radius 3 is 2.41 bits per heavy atom. The van der Waals surface area contributed by atoms with Crippen LogP contribution in [0.4, 0.5) is 0 Å². The van der Waals surface area contributed by atoms with Crippen molar-refractivity contribution in [2.24, 2.45) is 0 Å². The summed E-state index contributed by atoms with van der Waals surface area (Å²) in [6.45, 7) is 0.252. The van der Waals surface area contributed by atoms with Gasteiger partial charge in [0.1, 0.15) is 24.7 Å². The molecule has 0 unspecified atom stereocenters. The first kappa shape index (κ1) is 26.5. The van der Waals surface area contributed by atoms with E-state index in [1.807, 2.05) is 30.3 Å². The Morgan fingerprint density at radius 2 is 1.67 bits per heavy atom. The molecule has 4 amide bonds. The highest BCUT2D eigenvalue weighted by atomic mass is 16.7. The minimum atomic E-state index is -1.05. The number of Topliss-reactive ketones (excluding diaryl/α,β-unsaturated/α-hetero) is 1. The van der Waals surface area contributed by atoms with Gasteiger partial charge < -0.3 is 20.1 Å². The number of hydrogen-bond acceptors (Lipinski definition) is 7. The van der Waals surface area contributed by atoms with Gasteiger partial charge in [-0.15, -0.1) is 0 Å². The van der Waals surface area contributed by atoms with Crippen molar-refractivity contribution in [1.82, 2.24) is 20.7 Å². The molecule has 204 valence electrons. The molecule has 11 heteroatoms. The van der Waals surface area contributed by atoms with Gasteiger partial charge in [-0.05, 0) is 37.0 Å². The summed E-state index contributed by atoms with van der Waals surface area (Å²) in [5, 5.41) is 7.87. The highest BCUT2D eigenvalue weighted by Crippen LogP contribution is 2.26. The fraction of sp³-hybridized carbons (Fsp3) is 0.393. The number of fused-ring (bicyclic) bond motifs is 1. The summed E-state index contributed by atoms with van der Waals surface area (Å²) in [6, 6.07) is 14.7. The highest BCUT2D eigenvalue weighted by Gasteiger charge is 2.46. The number of rotatable bonds is 7. The fourth-order valence-corrected chi connectivity index (χ4v) is 5.03. The number of hydrogen-bond donors (Lipinski definition) is 2. The minimum Gasteiger partial charge on any atom is -0.345 e. The lowest BCUT2D eigenvalue weighted by molar-refractivity contribution is -0.177. The smallest absolute Gasteiger partial charge is 0.264 e. The lowest BCUT2D eigenvalue weighted by Crippen LogP contribution is -2.65. The third-order valence-corrected chi connectivity index (χ3v) is 7.07. The molecule has 0 spiro atoms. The zero-order valence-electron chi connectivity index (χ0n) is 21.3. The summed E-state index contributed by atoms with van der Waals surface area (Å²) in [5.41, 5.74) is 1.26. The summed E-state index contributed by atoms with van der Waals surface area (Å²) in [6.07, 6.45) is -0.0427. The van der Waals surface area contributed by atoms with Crippen molar-refractivity contribution in [2.45, 2.75) is 56.7 Å². The molecule has 3 aliphatic rings. The summed E-state index contributed by atoms with van der Waals surface area (Å²) >= 11 is 0. The van der Waals surface area contributed by atoms with Crippen molar-refractivity contribution in [3.8, 4) is 0 Å². The Morgan fingerprint density at radius 1 is 0.949 bits per heavy atom. The number of hydrazine groups is 1. The van der Waals surface area contributed by atoms with E-state index in [2.05, 4.69) is 10.6 Å². The van der Waals surface area contributed by atoms with Crippen molar-refractivity contribution in [3.63, 3.8) is 0 Å². The second-order valence-electron chi connectivity index (χ2n) is 9.72. The average molecular weight is 535 g/mol. The summed E-state index contributed by atoms with van der Waals surface area (Å²) in [4.78, 5) is 65.4. The molecule has 11 nitrogen and oxygen atoms in total. The zero-order chi connectivity index (χ0) is 27.4. The number of benzene rings is 2. The van der Waals surface area contributed by atoms with Gasteiger partial charge in [0.2, 0.25) is 11.8 Å². The van der Waals surface area contributed by atoms with Crippen molar-refractivity contribution in [1.29, 1.82) is 0 Å². The number of ether oxygens (including phenoxy) is 2. The molecule has 3 heterocycles. The van der Waals surface area contributed by atoms with Crippen molar-refractivity contribution >= 4 is 29.4 Å². The number of nitrogens with one attached hydrogen (secondary N) is 2. The van der Waals surface area contributed by atoms with Crippen LogP contribution in [-0.2, 0) is 35.3 Å². The quantitative estimate of drug-likeness (QED) is 0.540. The molecule has 3 saturated heterocycles. The van der Waals surface area contributed by atoms with Crippen LogP contribution in [0.2, 0.25) is 0 Å². The van der Waals surface area contributed by atoms with Crippen LogP contribution in [0.1, 0.15) is 41.6 Å². The van der Waals surface area contributed by atoms with E-state index in [-0.39, 0.29) is 50.7 Å². The van der Waals surface area contributed by atoms with E-state index < -0.39 is 42.1 Å². The molecule has 2 aromatic rings. The number of carbonyl (C=O) groups is 5. The zero-order valence-corrected chi connectivity index (χ0v) is 21.3. The van der Waals surface area contributed by atoms with Crippen LogP contribution in [0.5, 0.6) is 0 Å². The fourth-order valence-electron chi connectivity index (χ4n) is 5.03. The van der Waals surface area contributed by atoms with Gasteiger partial charge in [-0.3, -0.25) is 29.0 Å². The molecule has 2 aromatic carbocycles. The molecule has 0 aliphatic carbocycles. The molecule has 3 aliphatic heterocycles. The summed E-state index contributed by atoms with van der Waals surface area (Å²) < 4.78 is 11.3. The van der Waals surface area contributed by atoms with Crippen LogP contribution in [-0.4, -0.2) is 77.0 Å². The van der Waals surface area contributed by atoms with Crippen LogP contribution in [0.15, 0.2) is 60.7 Å². The first-order valence-corrected chi connectivity index (χ1v) is 13.0. The SMILES string of the molecule is O=C(N[C@H]1CCC(=O)N2CCC[C@@H](C(=O)N[C@@H]3C(=O)CO[C@@H]3OCc3ccccc3)N2C1=O)c1ccccc1. The van der Waals surface area contributed by atoms with E-state index >= 15 is 0 Å². The largest absolute Gasteiger partial charge is 0.345 e. The highest BCUT2D eigenvalue weighted by molar-refractivity contribution is 6.00. The number of carbonyl (C=O) groups excluding carboxylic acids is 5. The molecule has 4 atom stereocenters. The van der Waals surface area contributed by atoms with E-state index in [1.165, 1.54) is 5.01 Å². The Kier molecular flexibility index (Phi) is 7.99. The van der Waals surface area contributed by atoms with Crippen molar-refractivity contribution in [3.05, 3.63) is 71.8 Å². The van der Waals surface area contributed by atoms with Crippen LogP contribution in [0.3, 0.4) is 0 Å². The van der Waals surface area contributed by atoms with Crippen molar-refractivity contribution < 1.29 is 33.4 Å². The molecule has 0 radical (unpaired) electrons. The van der Waals surface area contributed by atoms with Gasteiger partial charge in [0, 0.05) is 18.5 Å². The van der Waals surface area contributed by atoms with Crippen LogP contribution in [0.25, 0.3) is 0 Å². The standard InChI is InChI=1S/C28H30N4O7/c33-22-17-39-28(38-16-18-8-3-1-4-9-18)24(22)30-26(36)21-12-7-15-31-23(34)14-13-20(27(37)32(21)31)29-25(35)19-10-5-2-6-11-19/h1-6,8-11,20-21,24,28H,7,12-17H2,(H,29,35)(H,30,36)/t20-,21-,24+,28-/m0/s1. The number of nitrogens with zero attached hydrogens (tertiary/aromatic N) is 2. The molecule has 3 fully saturated rings. The minimum absolute atomic E-state index is 0.0423. The van der Waals surface area contributed by atoms with Gasteiger partial charge in [0.25, 0.3) is 11.8 Å². The van der Waals surface area contributed by atoms with E-state index in [9.17, 15) is 24.0 Å². The molecule has 2 N–H and O–H groups in total. The van der Waals surface area contributed by atoms with Gasteiger partial charge in [-0.25, -0.2) is 5.01 Å². The lowest BCUT2D eigenvalue weighted by atomic mass is 10.0. The Bertz CT molecular complexity index is 1240. The first-order valence-electron chi connectivity index (χ1n) is 13.0. The maximum atomic E-state index is 13.7. The maximum absolute atomic E-state index is 13.7. The summed E-state index contributed by atoms with van der Waals surface area (Å²) in [7, 11) is 0.